The van der Waals surface area contributed by atoms with E-state index in [0.717, 1.165) is 25.7 Å². The van der Waals surface area contributed by atoms with E-state index in [1.807, 2.05) is 0 Å². The molecule has 0 radical (unpaired) electrons. The van der Waals surface area contributed by atoms with Crippen LogP contribution in [0.2, 0.25) is 0 Å². The van der Waals surface area contributed by atoms with E-state index in [0.29, 0.717) is 11.3 Å². The highest BCUT2D eigenvalue weighted by Gasteiger charge is 2.25. The van der Waals surface area contributed by atoms with Gasteiger partial charge in [0.25, 0.3) is 5.69 Å². The lowest BCUT2D eigenvalue weighted by Crippen LogP contribution is -2.34. The third-order valence-corrected chi connectivity index (χ3v) is 3.32. The smallest absolute Gasteiger partial charge is 0.272 e. The van der Waals surface area contributed by atoms with Crippen molar-refractivity contribution in [1.82, 2.24) is 0 Å². The van der Waals surface area contributed by atoms with Crippen molar-refractivity contribution in [2.45, 2.75) is 44.8 Å². The number of nitrogens with zero attached hydrogens (tertiary/aromatic N) is 1. The van der Waals surface area contributed by atoms with Gasteiger partial charge in [-0.25, -0.2) is 0 Å². The number of aryl methyl sites for hydroxylation is 1. The van der Waals surface area contributed by atoms with E-state index in [1.54, 1.807) is 19.1 Å². The van der Waals surface area contributed by atoms with Gasteiger partial charge in [0.05, 0.1) is 11.0 Å². The monoisotopic (exact) mass is 251 g/mol. The van der Waals surface area contributed by atoms with Gasteiger partial charge in [0.1, 0.15) is 11.9 Å². The molecule has 5 nitrogen and oxygen atoms in total. The second-order valence-electron chi connectivity index (χ2n) is 4.71. The van der Waals surface area contributed by atoms with Crippen LogP contribution in [0, 0.1) is 17.0 Å². The Hall–Kier alpha value is -1.62. The minimum absolute atomic E-state index is 0.0894. The maximum atomic E-state index is 10.7. The second-order valence-corrected chi connectivity index (χ2v) is 4.71. The van der Waals surface area contributed by atoms with Crippen molar-refractivity contribution in [3.05, 3.63) is 33.9 Å². The lowest BCUT2D eigenvalue weighted by atomic mass is 9.95. The van der Waals surface area contributed by atoms with E-state index in [1.165, 1.54) is 6.07 Å². The normalized spacial score (nSPS) is 23.7. The lowest BCUT2D eigenvalue weighted by molar-refractivity contribution is -0.385. The molecule has 5 heteroatoms. The fourth-order valence-corrected chi connectivity index (χ4v) is 2.30. The summed E-state index contributed by atoms with van der Waals surface area (Å²) in [5.41, 5.74) is 0.661. The van der Waals surface area contributed by atoms with Crippen molar-refractivity contribution in [2.75, 3.05) is 0 Å². The molecule has 2 atom stereocenters. The van der Waals surface area contributed by atoms with Crippen LogP contribution in [-0.2, 0) is 0 Å². The summed E-state index contributed by atoms with van der Waals surface area (Å²) in [4.78, 5) is 10.3. The summed E-state index contributed by atoms with van der Waals surface area (Å²) >= 11 is 0. The Morgan fingerprint density at radius 3 is 2.72 bits per heavy atom. The number of aliphatic hydroxyl groups is 1. The van der Waals surface area contributed by atoms with Crippen molar-refractivity contribution in [3.8, 4) is 5.75 Å². The summed E-state index contributed by atoms with van der Waals surface area (Å²) in [6, 6.07) is 4.69. The molecule has 0 unspecified atom stereocenters. The topological polar surface area (TPSA) is 72.6 Å². The van der Waals surface area contributed by atoms with Gasteiger partial charge in [-0.3, -0.25) is 10.1 Å². The molecule has 1 aliphatic carbocycles. The fourth-order valence-electron chi connectivity index (χ4n) is 2.30. The molecule has 1 N–H and O–H groups in total. The number of ether oxygens (including phenoxy) is 1. The van der Waals surface area contributed by atoms with Gasteiger partial charge >= 0.3 is 0 Å². The first-order valence-corrected chi connectivity index (χ1v) is 6.17. The van der Waals surface area contributed by atoms with Gasteiger partial charge in [0.2, 0.25) is 0 Å². The molecular weight excluding hydrogens is 234 g/mol. The summed E-state index contributed by atoms with van der Waals surface area (Å²) in [6.07, 6.45) is 3.04. The summed E-state index contributed by atoms with van der Waals surface area (Å²) in [7, 11) is 0. The fraction of sp³-hybridized carbons (Fsp3) is 0.538. The Labute approximate surface area is 106 Å². The van der Waals surface area contributed by atoms with E-state index in [-0.39, 0.29) is 11.8 Å². The molecule has 2 rings (SSSR count). The molecule has 0 bridgehead atoms. The van der Waals surface area contributed by atoms with E-state index in [4.69, 9.17) is 4.74 Å². The van der Waals surface area contributed by atoms with Crippen molar-refractivity contribution >= 4 is 5.69 Å². The average Bonchev–Trinajstić information content (AvgIpc) is 2.32. The zero-order valence-corrected chi connectivity index (χ0v) is 10.3. The SMILES string of the molecule is Cc1cc(O[C@@H]2CCCC[C@H]2O)ccc1[N+](=O)[O-]. The number of nitro benzene ring substituents is 1. The molecule has 0 aliphatic heterocycles. The molecule has 1 aromatic rings. The molecule has 0 aromatic heterocycles. The van der Waals surface area contributed by atoms with Crippen LogP contribution in [0.5, 0.6) is 5.75 Å². The summed E-state index contributed by atoms with van der Waals surface area (Å²) in [6.45, 7) is 1.68. The van der Waals surface area contributed by atoms with Crippen LogP contribution in [0.1, 0.15) is 31.2 Å². The summed E-state index contributed by atoms with van der Waals surface area (Å²) in [5, 5.41) is 20.5. The van der Waals surface area contributed by atoms with Gasteiger partial charge in [-0.1, -0.05) is 6.42 Å². The van der Waals surface area contributed by atoms with Gasteiger partial charge in [0.15, 0.2) is 0 Å². The molecule has 0 heterocycles. The van der Waals surface area contributed by atoms with Gasteiger partial charge in [-0.2, -0.15) is 0 Å². The number of nitro groups is 1. The molecular formula is C13H17NO4. The molecule has 1 aromatic carbocycles. The maximum absolute atomic E-state index is 10.7. The third-order valence-electron chi connectivity index (χ3n) is 3.32. The Kier molecular flexibility index (Phi) is 3.81. The molecule has 0 saturated heterocycles. The molecule has 1 saturated carbocycles. The number of aliphatic hydroxyl groups excluding tert-OH is 1. The lowest BCUT2D eigenvalue weighted by Gasteiger charge is -2.28. The van der Waals surface area contributed by atoms with Gasteiger partial charge in [-0.05, 0) is 38.3 Å². The summed E-state index contributed by atoms with van der Waals surface area (Å²) < 4.78 is 5.71. The van der Waals surface area contributed by atoms with Gasteiger partial charge in [0, 0.05) is 11.6 Å². The molecule has 1 aliphatic rings. The predicted octanol–water partition coefficient (Wildman–Crippen LogP) is 2.59. The zero-order valence-electron chi connectivity index (χ0n) is 10.3. The van der Waals surface area contributed by atoms with Crippen LogP contribution in [0.3, 0.4) is 0 Å². The maximum Gasteiger partial charge on any atom is 0.272 e. The molecule has 1 fully saturated rings. The largest absolute Gasteiger partial charge is 0.488 e. The minimum atomic E-state index is -0.436. The van der Waals surface area contributed by atoms with Crippen molar-refractivity contribution in [1.29, 1.82) is 0 Å². The highest BCUT2D eigenvalue weighted by Crippen LogP contribution is 2.27. The standard InChI is InChI=1S/C13H17NO4/c1-9-8-10(6-7-11(9)14(16)17)18-13-5-3-2-4-12(13)15/h6-8,12-13,15H,2-5H2,1H3/t12-,13-/m1/s1. The number of hydrogen-bond acceptors (Lipinski definition) is 4. The Balaban J connectivity index is 2.10. The van der Waals surface area contributed by atoms with Crippen LogP contribution in [0.4, 0.5) is 5.69 Å². The number of rotatable bonds is 3. The number of benzene rings is 1. The molecule has 18 heavy (non-hydrogen) atoms. The number of hydrogen-bond donors (Lipinski definition) is 1. The predicted molar refractivity (Wildman–Crippen MR) is 66.7 cm³/mol. The average molecular weight is 251 g/mol. The van der Waals surface area contributed by atoms with Crippen LogP contribution >= 0.6 is 0 Å². The van der Waals surface area contributed by atoms with E-state index < -0.39 is 11.0 Å². The van der Waals surface area contributed by atoms with E-state index in [9.17, 15) is 15.2 Å². The molecule has 0 spiro atoms. The zero-order chi connectivity index (χ0) is 13.1. The highest BCUT2D eigenvalue weighted by molar-refractivity contribution is 5.44. The first-order valence-electron chi connectivity index (χ1n) is 6.17. The van der Waals surface area contributed by atoms with Crippen LogP contribution < -0.4 is 4.74 Å². The first kappa shape index (κ1) is 12.8. The Bertz CT molecular complexity index is 447. The van der Waals surface area contributed by atoms with Crippen molar-refractivity contribution < 1.29 is 14.8 Å². The van der Waals surface area contributed by atoms with Crippen LogP contribution in [0.25, 0.3) is 0 Å². The van der Waals surface area contributed by atoms with Crippen molar-refractivity contribution in [2.24, 2.45) is 0 Å². The van der Waals surface area contributed by atoms with E-state index in [2.05, 4.69) is 0 Å². The van der Waals surface area contributed by atoms with E-state index >= 15 is 0 Å². The summed E-state index contributed by atoms with van der Waals surface area (Å²) in [5.74, 6) is 0.587. The van der Waals surface area contributed by atoms with Crippen LogP contribution in [0.15, 0.2) is 18.2 Å². The third kappa shape index (κ3) is 2.79. The first-order chi connectivity index (χ1) is 8.58. The van der Waals surface area contributed by atoms with Crippen molar-refractivity contribution in [3.63, 3.8) is 0 Å². The highest BCUT2D eigenvalue weighted by atomic mass is 16.6. The molecule has 0 amide bonds. The Morgan fingerprint density at radius 1 is 1.39 bits per heavy atom. The van der Waals surface area contributed by atoms with Gasteiger partial charge in [-0.15, -0.1) is 0 Å². The Morgan fingerprint density at radius 2 is 2.11 bits per heavy atom. The molecule has 98 valence electrons. The minimum Gasteiger partial charge on any atom is -0.488 e. The second kappa shape index (κ2) is 5.35. The van der Waals surface area contributed by atoms with Gasteiger partial charge < -0.3 is 9.84 Å². The quantitative estimate of drug-likeness (QED) is 0.662. The van der Waals surface area contributed by atoms with Crippen LogP contribution in [-0.4, -0.2) is 22.2 Å².